The maximum Gasteiger partial charge on any atom is 0.229 e. The van der Waals surface area contributed by atoms with Crippen LogP contribution in [-0.4, -0.2) is 32.7 Å². The Bertz CT molecular complexity index is 1150. The molecule has 2 aromatic heterocycles. The van der Waals surface area contributed by atoms with Crippen molar-refractivity contribution in [1.82, 2.24) is 14.5 Å². The van der Waals surface area contributed by atoms with E-state index in [1.54, 1.807) is 24.3 Å². The molecule has 0 saturated carbocycles. The number of imidazole rings is 1. The minimum absolute atomic E-state index is 0.0862. The lowest BCUT2D eigenvalue weighted by Gasteiger charge is -2.20. The molecule has 0 aliphatic carbocycles. The summed E-state index contributed by atoms with van der Waals surface area (Å²) in [6.07, 6.45) is 6.77. The average Bonchev–Trinajstić information content (AvgIpc) is 3.46. The Kier molecular flexibility index (Phi) is 7.50. The number of carbonyl (C=O) groups is 1. The lowest BCUT2D eigenvalue weighted by Crippen LogP contribution is -2.32. The third-order valence-electron chi connectivity index (χ3n) is 5.18. The van der Waals surface area contributed by atoms with Crippen LogP contribution in [0.3, 0.4) is 0 Å². The molecule has 5 nitrogen and oxygen atoms in total. The van der Waals surface area contributed by atoms with Crippen LogP contribution in [0.5, 0.6) is 0 Å². The van der Waals surface area contributed by atoms with E-state index in [9.17, 15) is 4.79 Å². The Labute approximate surface area is 201 Å². The Hall–Kier alpha value is -2.35. The Morgan fingerprint density at radius 2 is 2.00 bits per heavy atom. The lowest BCUT2D eigenvalue weighted by molar-refractivity contribution is -0.118. The van der Waals surface area contributed by atoms with E-state index in [0.29, 0.717) is 23.1 Å². The molecular weight excluding hydrogens is 460 g/mol. The van der Waals surface area contributed by atoms with Crippen molar-refractivity contribution in [2.24, 2.45) is 0 Å². The maximum absolute atomic E-state index is 13.3. The van der Waals surface area contributed by atoms with Gasteiger partial charge in [-0.3, -0.25) is 9.69 Å². The van der Waals surface area contributed by atoms with Gasteiger partial charge in [-0.25, -0.2) is 9.97 Å². The monoisotopic (exact) mass is 484 g/mol. The van der Waals surface area contributed by atoms with Crippen LogP contribution in [0.15, 0.2) is 60.0 Å². The van der Waals surface area contributed by atoms with Crippen molar-refractivity contribution in [1.29, 1.82) is 0 Å². The summed E-state index contributed by atoms with van der Waals surface area (Å²) >= 11 is 9.61. The molecule has 0 fully saturated rings. The van der Waals surface area contributed by atoms with Crippen LogP contribution in [0.4, 0.5) is 5.13 Å². The van der Waals surface area contributed by atoms with E-state index < -0.39 is 0 Å². The number of nitrogens with zero attached hydrogens (tertiary/aromatic N) is 4. The quantitative estimate of drug-likeness (QED) is 0.259. The molecule has 0 unspecified atom stereocenters. The normalized spacial score (nSPS) is 11.2. The average molecular weight is 485 g/mol. The summed E-state index contributed by atoms with van der Waals surface area (Å²) in [5, 5.41) is 1.39. The zero-order chi connectivity index (χ0) is 22.5. The summed E-state index contributed by atoms with van der Waals surface area (Å²) in [7, 11) is 0. The molecule has 2 aromatic carbocycles. The fourth-order valence-corrected chi connectivity index (χ4v) is 5.59. The summed E-state index contributed by atoms with van der Waals surface area (Å²) in [4.78, 5) is 25.1. The fourth-order valence-electron chi connectivity index (χ4n) is 3.39. The second kappa shape index (κ2) is 10.5. The van der Waals surface area contributed by atoms with Crippen LogP contribution >= 0.6 is 34.7 Å². The second-order valence-electron chi connectivity index (χ2n) is 7.65. The van der Waals surface area contributed by atoms with E-state index in [1.807, 2.05) is 34.7 Å². The number of fused-ring (bicyclic) bond motifs is 1. The van der Waals surface area contributed by atoms with Gasteiger partial charge in [0.05, 0.1) is 21.6 Å². The predicted molar refractivity (Wildman–Crippen MR) is 135 cm³/mol. The first-order valence-electron chi connectivity index (χ1n) is 10.5. The van der Waals surface area contributed by atoms with E-state index in [-0.39, 0.29) is 5.91 Å². The van der Waals surface area contributed by atoms with Crippen molar-refractivity contribution in [3.05, 3.63) is 71.3 Å². The van der Waals surface area contributed by atoms with E-state index in [0.717, 1.165) is 34.5 Å². The Balaban J connectivity index is 1.48. The molecule has 8 heteroatoms. The number of hydrogen-bond donors (Lipinski definition) is 0. The third-order valence-corrected chi connectivity index (χ3v) is 7.73. The van der Waals surface area contributed by atoms with Crippen LogP contribution in [0.2, 0.25) is 5.02 Å². The first kappa shape index (κ1) is 22.8. The molecule has 32 heavy (non-hydrogen) atoms. The molecule has 1 amide bonds. The highest BCUT2D eigenvalue weighted by Gasteiger charge is 2.21. The molecule has 0 aliphatic heterocycles. The standard InChI is InChI=1S/C24H25ClN4OS2/c1-17-4-7-19(8-5-17)31-15-10-21(30)29(13-3-12-28-14-11-26-16-28)24-27-22-18(2)6-9-20(25)23(22)32-24/h4-9,11,14,16H,3,10,12-13,15H2,1-2H3. The summed E-state index contributed by atoms with van der Waals surface area (Å²) in [6.45, 7) is 5.49. The second-order valence-corrected chi connectivity index (χ2v) is 10.2. The number of carbonyl (C=O) groups excluding carboxylic acids is 1. The maximum atomic E-state index is 13.3. The van der Waals surface area contributed by atoms with Crippen molar-refractivity contribution in [2.45, 2.75) is 38.1 Å². The van der Waals surface area contributed by atoms with Crippen molar-refractivity contribution in [2.75, 3.05) is 17.2 Å². The van der Waals surface area contributed by atoms with Crippen LogP contribution in [0, 0.1) is 13.8 Å². The van der Waals surface area contributed by atoms with E-state index in [4.69, 9.17) is 16.6 Å². The summed E-state index contributed by atoms with van der Waals surface area (Å²) in [5.74, 6) is 0.813. The van der Waals surface area contributed by atoms with Gasteiger partial charge in [0.25, 0.3) is 0 Å². The molecule has 4 rings (SSSR count). The molecule has 0 N–H and O–H groups in total. The predicted octanol–water partition coefficient (Wildman–Crippen LogP) is 6.37. The number of aryl methyl sites for hydroxylation is 3. The van der Waals surface area contributed by atoms with Crippen LogP contribution in [-0.2, 0) is 11.3 Å². The number of aromatic nitrogens is 3. The summed E-state index contributed by atoms with van der Waals surface area (Å²) in [6, 6.07) is 12.3. The SMILES string of the molecule is Cc1ccc(SCCC(=O)N(CCCn2ccnc2)c2nc3c(C)ccc(Cl)c3s2)cc1. The van der Waals surface area contributed by atoms with Crippen LogP contribution in [0.25, 0.3) is 10.2 Å². The number of benzene rings is 2. The van der Waals surface area contributed by atoms with Gasteiger partial charge in [-0.15, -0.1) is 11.8 Å². The van der Waals surface area contributed by atoms with Gasteiger partial charge in [0, 0.05) is 42.6 Å². The molecule has 0 radical (unpaired) electrons. The van der Waals surface area contributed by atoms with E-state index >= 15 is 0 Å². The number of anilines is 1. The first-order chi connectivity index (χ1) is 15.5. The number of thiazole rings is 1. The van der Waals surface area contributed by atoms with Gasteiger partial charge in [-0.2, -0.15) is 0 Å². The third kappa shape index (κ3) is 5.52. The number of hydrogen-bond acceptors (Lipinski definition) is 5. The molecule has 2 heterocycles. The van der Waals surface area contributed by atoms with Crippen LogP contribution < -0.4 is 4.90 Å². The molecule has 0 spiro atoms. The van der Waals surface area contributed by atoms with Gasteiger partial charge in [0.2, 0.25) is 5.91 Å². The number of rotatable bonds is 9. The number of halogens is 1. The highest BCUT2D eigenvalue weighted by molar-refractivity contribution is 7.99. The minimum atomic E-state index is 0.0862. The van der Waals surface area contributed by atoms with Gasteiger partial charge < -0.3 is 4.57 Å². The topological polar surface area (TPSA) is 51.0 Å². The zero-order valence-corrected chi connectivity index (χ0v) is 20.5. The van der Waals surface area contributed by atoms with E-state index in [2.05, 4.69) is 36.2 Å². The van der Waals surface area contributed by atoms with Crippen LogP contribution in [0.1, 0.15) is 24.0 Å². The largest absolute Gasteiger partial charge is 0.337 e. The van der Waals surface area contributed by atoms with Gasteiger partial charge in [0.1, 0.15) is 0 Å². The smallest absolute Gasteiger partial charge is 0.229 e. The lowest BCUT2D eigenvalue weighted by atomic mass is 10.2. The Morgan fingerprint density at radius 1 is 1.19 bits per heavy atom. The minimum Gasteiger partial charge on any atom is -0.337 e. The van der Waals surface area contributed by atoms with Gasteiger partial charge in [-0.05, 0) is 44.0 Å². The first-order valence-corrected chi connectivity index (χ1v) is 12.7. The summed E-state index contributed by atoms with van der Waals surface area (Å²) in [5.41, 5.74) is 3.17. The molecule has 0 aliphatic rings. The van der Waals surface area contributed by atoms with Gasteiger partial charge >= 0.3 is 0 Å². The molecular formula is C24H25ClN4OS2. The summed E-state index contributed by atoms with van der Waals surface area (Å²) < 4.78 is 2.96. The van der Waals surface area contributed by atoms with Crippen molar-refractivity contribution in [3.63, 3.8) is 0 Å². The number of amides is 1. The highest BCUT2D eigenvalue weighted by Crippen LogP contribution is 2.36. The van der Waals surface area contributed by atoms with Crippen molar-refractivity contribution >= 4 is 56.0 Å². The fraction of sp³-hybridized carbons (Fsp3) is 0.292. The van der Waals surface area contributed by atoms with Gasteiger partial charge in [0.15, 0.2) is 5.13 Å². The van der Waals surface area contributed by atoms with Crippen molar-refractivity contribution in [3.8, 4) is 0 Å². The van der Waals surface area contributed by atoms with Crippen molar-refractivity contribution < 1.29 is 4.79 Å². The molecule has 0 bridgehead atoms. The van der Waals surface area contributed by atoms with E-state index in [1.165, 1.54) is 21.8 Å². The van der Waals surface area contributed by atoms with Gasteiger partial charge in [-0.1, -0.05) is 46.7 Å². The highest BCUT2D eigenvalue weighted by atomic mass is 35.5. The molecule has 166 valence electrons. The molecule has 0 saturated heterocycles. The molecule has 4 aromatic rings. The number of thioether (sulfide) groups is 1. The molecule has 0 atom stereocenters. The zero-order valence-electron chi connectivity index (χ0n) is 18.1. The Morgan fingerprint density at radius 3 is 2.72 bits per heavy atom.